The Morgan fingerprint density at radius 1 is 1.48 bits per heavy atom. The lowest BCUT2D eigenvalue weighted by molar-refractivity contribution is -0.114. The summed E-state index contributed by atoms with van der Waals surface area (Å²) in [6.07, 6.45) is 2.14. The Labute approximate surface area is 140 Å². The van der Waals surface area contributed by atoms with Crippen molar-refractivity contribution in [2.75, 3.05) is 7.11 Å². The highest BCUT2D eigenvalue weighted by atomic mass is 32.1. The van der Waals surface area contributed by atoms with E-state index in [1.807, 2.05) is 43.5 Å². The Hall–Kier alpha value is -2.45. The number of hydrogen-bond acceptors (Lipinski definition) is 5. The summed E-state index contributed by atoms with van der Waals surface area (Å²) < 4.78 is 5.32. The molecule has 2 aromatic rings. The molecule has 0 radical (unpaired) electrons. The van der Waals surface area contributed by atoms with Crippen LogP contribution in [0.25, 0.3) is 0 Å². The molecule has 5 heteroatoms. The first-order valence-corrected chi connectivity index (χ1v) is 8.07. The molecule has 23 heavy (non-hydrogen) atoms. The van der Waals surface area contributed by atoms with Crippen LogP contribution in [0.15, 0.2) is 41.3 Å². The second-order valence-electron chi connectivity index (χ2n) is 5.27. The summed E-state index contributed by atoms with van der Waals surface area (Å²) in [6, 6.07) is 9.75. The summed E-state index contributed by atoms with van der Waals surface area (Å²) in [7, 11) is 1.62. The first kappa shape index (κ1) is 16.9. The number of benzene rings is 1. The number of carbonyl (C=O) groups excluding carboxylic acids is 1. The largest absolute Gasteiger partial charge is 0.496 e. The Kier molecular flexibility index (Phi) is 5.67. The molecule has 0 saturated heterocycles. The Morgan fingerprint density at radius 2 is 2.22 bits per heavy atom. The van der Waals surface area contributed by atoms with Gasteiger partial charge in [-0.3, -0.25) is 4.79 Å². The molecule has 1 aromatic heterocycles. The van der Waals surface area contributed by atoms with Gasteiger partial charge < -0.3 is 4.74 Å². The highest BCUT2D eigenvalue weighted by molar-refractivity contribution is 7.10. The zero-order chi connectivity index (χ0) is 16.8. The number of hydrogen-bond donors (Lipinski definition) is 0. The van der Waals surface area contributed by atoms with E-state index in [-0.39, 0.29) is 5.78 Å². The van der Waals surface area contributed by atoms with Crippen LogP contribution in [-0.4, -0.2) is 17.9 Å². The quantitative estimate of drug-likeness (QED) is 0.757. The summed E-state index contributed by atoms with van der Waals surface area (Å²) in [4.78, 5) is 16.6. The lowest BCUT2D eigenvalue weighted by Crippen LogP contribution is -2.09. The maximum Gasteiger partial charge on any atom is 0.179 e. The van der Waals surface area contributed by atoms with Crippen LogP contribution in [0.5, 0.6) is 5.75 Å². The number of nitrogens with zero attached hydrogens (tertiary/aromatic N) is 2. The van der Waals surface area contributed by atoms with Gasteiger partial charge in [0.05, 0.1) is 13.2 Å². The molecule has 2 rings (SSSR count). The van der Waals surface area contributed by atoms with Crippen molar-refractivity contribution in [1.82, 2.24) is 4.98 Å². The second-order valence-corrected chi connectivity index (χ2v) is 6.16. The van der Waals surface area contributed by atoms with Gasteiger partial charge >= 0.3 is 0 Å². The fourth-order valence-electron chi connectivity index (χ4n) is 2.27. The fraction of sp³-hybridized carbons (Fsp3) is 0.278. The lowest BCUT2D eigenvalue weighted by Gasteiger charge is -2.08. The number of allylic oxidation sites excluding steroid dienone is 2. The molecule has 0 N–H and O–H groups in total. The third-order valence-electron chi connectivity index (χ3n) is 3.35. The molecule has 0 aliphatic heterocycles. The van der Waals surface area contributed by atoms with E-state index >= 15 is 0 Å². The zero-order valence-electron chi connectivity index (χ0n) is 13.4. The predicted molar refractivity (Wildman–Crippen MR) is 90.7 cm³/mol. The van der Waals surface area contributed by atoms with Crippen LogP contribution in [0, 0.1) is 18.3 Å². The van der Waals surface area contributed by atoms with E-state index in [1.165, 1.54) is 17.4 Å². The van der Waals surface area contributed by atoms with Gasteiger partial charge in [0, 0.05) is 11.1 Å². The monoisotopic (exact) mass is 326 g/mol. The maximum absolute atomic E-state index is 12.4. The Bertz CT molecular complexity index is 771. The van der Waals surface area contributed by atoms with Gasteiger partial charge in [-0.05, 0) is 38.0 Å². The van der Waals surface area contributed by atoms with Gasteiger partial charge in [-0.2, -0.15) is 5.26 Å². The number of thiazole rings is 1. The van der Waals surface area contributed by atoms with Crippen molar-refractivity contribution < 1.29 is 9.53 Å². The van der Waals surface area contributed by atoms with Gasteiger partial charge in [0.15, 0.2) is 11.7 Å². The first-order valence-electron chi connectivity index (χ1n) is 7.19. The number of carbonyl (C=O) groups is 1. The average Bonchev–Trinajstić information content (AvgIpc) is 2.94. The van der Waals surface area contributed by atoms with Gasteiger partial charge in [0.1, 0.15) is 10.8 Å². The smallest absolute Gasteiger partial charge is 0.179 e. The molecule has 1 atom stereocenters. The number of para-hydroxylation sites is 1. The SMILES string of the molecule is COc1ccccc1C/C(C)=C/C(=O)[C@@H](C#N)c1nc(C)cs1. The highest BCUT2D eigenvalue weighted by Crippen LogP contribution is 2.23. The standard InChI is InChI=1S/C18H18N2O2S/c1-12(8-14-6-4-5-7-17(14)22-3)9-16(21)15(10-19)18-20-13(2)11-23-18/h4-7,9,11,15H,8H2,1-3H3/b12-9+/t15-/m1/s1. The highest BCUT2D eigenvalue weighted by Gasteiger charge is 2.21. The molecule has 1 heterocycles. The molecule has 0 aliphatic rings. The van der Waals surface area contributed by atoms with Gasteiger partial charge in [-0.25, -0.2) is 4.98 Å². The third-order valence-corrected chi connectivity index (χ3v) is 4.38. The minimum absolute atomic E-state index is 0.228. The number of aromatic nitrogens is 1. The van der Waals surface area contributed by atoms with Crippen LogP contribution >= 0.6 is 11.3 Å². The second kappa shape index (κ2) is 7.70. The molecule has 0 unspecified atom stereocenters. The molecule has 0 fully saturated rings. The number of methoxy groups -OCH3 is 1. The van der Waals surface area contributed by atoms with Crippen molar-refractivity contribution in [3.05, 3.63) is 57.6 Å². The number of ether oxygens (including phenoxy) is 1. The first-order chi connectivity index (χ1) is 11.0. The average molecular weight is 326 g/mol. The van der Waals surface area contributed by atoms with Crippen molar-refractivity contribution in [1.29, 1.82) is 5.26 Å². The Morgan fingerprint density at radius 3 is 2.83 bits per heavy atom. The van der Waals surface area contributed by atoms with Crippen LogP contribution in [-0.2, 0) is 11.2 Å². The number of rotatable bonds is 6. The minimum Gasteiger partial charge on any atom is -0.496 e. The third kappa shape index (κ3) is 4.27. The van der Waals surface area contributed by atoms with Crippen LogP contribution in [0.2, 0.25) is 0 Å². The molecule has 0 aliphatic carbocycles. The van der Waals surface area contributed by atoms with E-state index < -0.39 is 5.92 Å². The van der Waals surface area contributed by atoms with Gasteiger partial charge in [0.25, 0.3) is 0 Å². The Balaban J connectivity index is 2.16. The number of aryl methyl sites for hydroxylation is 1. The van der Waals surface area contributed by atoms with E-state index in [0.717, 1.165) is 22.6 Å². The molecule has 0 spiro atoms. The molecule has 0 amide bonds. The van der Waals surface area contributed by atoms with Gasteiger partial charge in [-0.1, -0.05) is 23.8 Å². The zero-order valence-corrected chi connectivity index (χ0v) is 14.2. The van der Waals surface area contributed by atoms with Crippen molar-refractivity contribution in [3.63, 3.8) is 0 Å². The van der Waals surface area contributed by atoms with E-state index in [0.29, 0.717) is 11.4 Å². The molecular weight excluding hydrogens is 308 g/mol. The van der Waals surface area contributed by atoms with E-state index in [4.69, 9.17) is 4.74 Å². The summed E-state index contributed by atoms with van der Waals surface area (Å²) >= 11 is 1.34. The summed E-state index contributed by atoms with van der Waals surface area (Å²) in [5, 5.41) is 11.7. The molecular formula is C18H18N2O2S. The van der Waals surface area contributed by atoms with Crippen LogP contribution < -0.4 is 4.74 Å². The molecule has 0 saturated carbocycles. The van der Waals surface area contributed by atoms with Gasteiger partial charge in [0.2, 0.25) is 0 Å². The van der Waals surface area contributed by atoms with Crippen LogP contribution in [0.1, 0.15) is 29.1 Å². The number of nitriles is 1. The summed E-state index contributed by atoms with van der Waals surface area (Å²) in [6.45, 7) is 3.73. The molecule has 118 valence electrons. The van der Waals surface area contributed by atoms with Gasteiger partial charge in [-0.15, -0.1) is 11.3 Å². The van der Waals surface area contributed by atoms with Crippen molar-refractivity contribution in [2.45, 2.75) is 26.2 Å². The van der Waals surface area contributed by atoms with E-state index in [9.17, 15) is 10.1 Å². The maximum atomic E-state index is 12.4. The minimum atomic E-state index is -0.832. The van der Waals surface area contributed by atoms with Crippen molar-refractivity contribution >= 4 is 17.1 Å². The van der Waals surface area contributed by atoms with Crippen LogP contribution in [0.3, 0.4) is 0 Å². The molecule has 0 bridgehead atoms. The van der Waals surface area contributed by atoms with E-state index in [2.05, 4.69) is 11.1 Å². The summed E-state index contributed by atoms with van der Waals surface area (Å²) in [5.74, 6) is -0.268. The topological polar surface area (TPSA) is 63.0 Å². The lowest BCUT2D eigenvalue weighted by atomic mass is 10.0. The normalized spacial score (nSPS) is 12.5. The van der Waals surface area contributed by atoms with Crippen molar-refractivity contribution in [3.8, 4) is 11.8 Å². The van der Waals surface area contributed by atoms with Crippen LogP contribution in [0.4, 0.5) is 0 Å². The summed E-state index contributed by atoms with van der Waals surface area (Å²) in [5.41, 5.74) is 2.72. The molecule has 1 aromatic carbocycles. The van der Waals surface area contributed by atoms with E-state index in [1.54, 1.807) is 7.11 Å². The molecule has 4 nitrogen and oxygen atoms in total. The number of ketones is 1. The van der Waals surface area contributed by atoms with Crippen molar-refractivity contribution in [2.24, 2.45) is 0 Å². The fourth-order valence-corrected chi connectivity index (χ4v) is 3.12. The predicted octanol–water partition coefficient (Wildman–Crippen LogP) is 3.83.